The number of phenolic OH excluding ortho intramolecular Hbond substituents is 1. The van der Waals surface area contributed by atoms with E-state index in [9.17, 15) is 10.2 Å². The van der Waals surface area contributed by atoms with Crippen molar-refractivity contribution < 1.29 is 10.2 Å². The van der Waals surface area contributed by atoms with Crippen molar-refractivity contribution in [3.63, 3.8) is 0 Å². The third-order valence-corrected chi connectivity index (χ3v) is 6.12. The maximum Gasteiger partial charge on any atom is 0.124 e. The van der Waals surface area contributed by atoms with Crippen LogP contribution in [0.3, 0.4) is 0 Å². The molecule has 0 fully saturated rings. The topological polar surface area (TPSA) is 69.7 Å². The molecule has 168 valence electrons. The number of nitrogens with zero attached hydrogens (tertiary/aromatic N) is 1. The molecule has 4 heteroatoms. The van der Waals surface area contributed by atoms with Crippen LogP contribution in [0.2, 0.25) is 0 Å². The lowest BCUT2D eigenvalue weighted by molar-refractivity contribution is 0.188. The number of aliphatic hydroxyl groups is 1. The normalized spacial score (nSPS) is 19.4. The molecule has 0 saturated carbocycles. The molecule has 2 heterocycles. The summed E-state index contributed by atoms with van der Waals surface area (Å²) in [6.07, 6.45) is 8.32. The van der Waals surface area contributed by atoms with Crippen molar-refractivity contribution in [1.29, 1.82) is 0 Å². The summed E-state index contributed by atoms with van der Waals surface area (Å²) in [5.41, 5.74) is 13.5. The third-order valence-electron chi connectivity index (χ3n) is 6.12. The van der Waals surface area contributed by atoms with Crippen LogP contribution in [0.15, 0.2) is 84.5 Å². The van der Waals surface area contributed by atoms with E-state index in [1.54, 1.807) is 6.08 Å². The summed E-state index contributed by atoms with van der Waals surface area (Å²) >= 11 is 0. The molecule has 0 spiro atoms. The molecule has 1 aromatic carbocycles. The summed E-state index contributed by atoms with van der Waals surface area (Å²) in [5, 5.41) is 21.1. The number of phenols is 1. The highest BCUT2D eigenvalue weighted by atomic mass is 16.3. The molecule has 1 atom stereocenters. The Hall–Kier alpha value is -3.40. The van der Waals surface area contributed by atoms with Crippen molar-refractivity contribution in [2.45, 2.75) is 47.1 Å². The van der Waals surface area contributed by atoms with Gasteiger partial charge in [0.1, 0.15) is 11.5 Å². The van der Waals surface area contributed by atoms with Gasteiger partial charge in [0.05, 0.1) is 0 Å². The van der Waals surface area contributed by atoms with E-state index in [2.05, 4.69) is 51.5 Å². The molecule has 0 aliphatic carbocycles. The average molecular weight is 431 g/mol. The Labute approximate surface area is 191 Å². The van der Waals surface area contributed by atoms with Crippen molar-refractivity contribution in [1.82, 2.24) is 4.90 Å². The van der Waals surface area contributed by atoms with E-state index in [1.807, 2.05) is 38.3 Å². The van der Waals surface area contributed by atoms with Gasteiger partial charge in [-0.15, -0.1) is 0 Å². The number of hydrogen-bond acceptors (Lipinski definition) is 4. The van der Waals surface area contributed by atoms with Crippen LogP contribution in [-0.4, -0.2) is 21.2 Å². The van der Waals surface area contributed by atoms with Crippen LogP contribution >= 0.6 is 0 Å². The molecule has 0 saturated heterocycles. The summed E-state index contributed by atoms with van der Waals surface area (Å²) < 4.78 is 0. The van der Waals surface area contributed by atoms with Gasteiger partial charge in [-0.3, -0.25) is 0 Å². The predicted molar refractivity (Wildman–Crippen MR) is 135 cm³/mol. The van der Waals surface area contributed by atoms with Gasteiger partial charge < -0.3 is 20.8 Å². The number of hydrogen-bond donors (Lipinski definition) is 3. The van der Waals surface area contributed by atoms with Crippen LogP contribution < -0.4 is 5.73 Å². The van der Waals surface area contributed by atoms with Crippen LogP contribution in [0.5, 0.6) is 5.75 Å². The Kier molecular flexibility index (Phi) is 6.01. The van der Waals surface area contributed by atoms with Gasteiger partial charge in [0, 0.05) is 40.3 Å². The maximum atomic E-state index is 11.0. The SMILES string of the molecule is C=C/C(=C(C)\C=C(\C)N)c1cc2c(cc1O)C1=CC(=C)C(C(=C)O)=CN1C(C(C)(C)C)C2. The molecule has 1 unspecified atom stereocenters. The number of fused-ring (bicyclic) bond motifs is 3. The molecule has 0 bridgehead atoms. The van der Waals surface area contributed by atoms with Gasteiger partial charge in [-0.25, -0.2) is 0 Å². The number of rotatable bonds is 4. The first kappa shape index (κ1) is 23.3. The minimum absolute atomic E-state index is 0.00133. The molecule has 2 aliphatic heterocycles. The van der Waals surface area contributed by atoms with Gasteiger partial charge in [0.25, 0.3) is 0 Å². The Morgan fingerprint density at radius 2 is 1.91 bits per heavy atom. The summed E-state index contributed by atoms with van der Waals surface area (Å²) in [7, 11) is 0. The average Bonchev–Trinajstić information content (AvgIpc) is 2.66. The van der Waals surface area contributed by atoms with E-state index >= 15 is 0 Å². The second-order valence-corrected chi connectivity index (χ2v) is 9.75. The molecule has 4 nitrogen and oxygen atoms in total. The minimum Gasteiger partial charge on any atom is -0.508 e. The molecule has 0 radical (unpaired) electrons. The largest absolute Gasteiger partial charge is 0.508 e. The predicted octanol–water partition coefficient (Wildman–Crippen LogP) is 6.35. The highest BCUT2D eigenvalue weighted by Crippen LogP contribution is 2.46. The van der Waals surface area contributed by atoms with Crippen molar-refractivity contribution in [2.24, 2.45) is 11.1 Å². The van der Waals surface area contributed by atoms with E-state index in [-0.39, 0.29) is 23.0 Å². The fraction of sp³-hybridized carbons (Fsp3) is 0.286. The third kappa shape index (κ3) is 4.18. The Morgan fingerprint density at radius 3 is 2.44 bits per heavy atom. The van der Waals surface area contributed by atoms with Crippen LogP contribution in [0.4, 0.5) is 0 Å². The second-order valence-electron chi connectivity index (χ2n) is 9.75. The molecular weight excluding hydrogens is 396 g/mol. The number of aromatic hydroxyl groups is 1. The summed E-state index contributed by atoms with van der Waals surface area (Å²) in [6, 6.07) is 4.02. The van der Waals surface area contributed by atoms with Gasteiger partial charge in [-0.1, -0.05) is 46.6 Å². The number of benzene rings is 1. The first-order valence-corrected chi connectivity index (χ1v) is 10.8. The summed E-state index contributed by atoms with van der Waals surface area (Å²) in [5.74, 6) is 0.185. The van der Waals surface area contributed by atoms with Gasteiger partial charge in [0.15, 0.2) is 0 Å². The highest BCUT2D eigenvalue weighted by molar-refractivity contribution is 5.85. The van der Waals surface area contributed by atoms with Gasteiger partial charge in [-0.2, -0.15) is 0 Å². The Bertz CT molecular complexity index is 1130. The lowest BCUT2D eigenvalue weighted by atomic mass is 9.76. The number of nitrogens with two attached hydrogens (primary N) is 1. The van der Waals surface area contributed by atoms with Crippen LogP contribution in [-0.2, 0) is 6.42 Å². The van der Waals surface area contributed by atoms with Crippen molar-refractivity contribution in [3.8, 4) is 5.75 Å². The zero-order valence-corrected chi connectivity index (χ0v) is 19.8. The first-order valence-electron chi connectivity index (χ1n) is 10.8. The molecular formula is C28H34N2O2. The molecule has 0 amide bonds. The van der Waals surface area contributed by atoms with E-state index in [1.165, 1.54) is 0 Å². The van der Waals surface area contributed by atoms with Gasteiger partial charge in [-0.05, 0) is 72.3 Å². The molecule has 32 heavy (non-hydrogen) atoms. The van der Waals surface area contributed by atoms with Gasteiger partial charge in [0.2, 0.25) is 0 Å². The zero-order chi connectivity index (χ0) is 24.0. The second kappa shape index (κ2) is 8.27. The molecule has 0 aromatic heterocycles. The lowest BCUT2D eigenvalue weighted by Crippen LogP contribution is -2.45. The Morgan fingerprint density at radius 1 is 1.25 bits per heavy atom. The Balaban J connectivity index is 2.25. The monoisotopic (exact) mass is 430 g/mol. The molecule has 4 N–H and O–H groups in total. The summed E-state index contributed by atoms with van der Waals surface area (Å²) in [4.78, 5) is 2.18. The molecule has 3 rings (SSSR count). The smallest absolute Gasteiger partial charge is 0.124 e. The minimum atomic E-state index is -0.0433. The first-order chi connectivity index (χ1) is 14.8. The fourth-order valence-corrected chi connectivity index (χ4v) is 4.53. The quantitative estimate of drug-likeness (QED) is 0.384. The van der Waals surface area contributed by atoms with Crippen molar-refractivity contribution in [2.75, 3.05) is 0 Å². The van der Waals surface area contributed by atoms with Crippen LogP contribution in [0.1, 0.15) is 51.3 Å². The summed E-state index contributed by atoms with van der Waals surface area (Å²) in [6.45, 7) is 22.2. The molecule has 1 aromatic rings. The number of aliphatic hydroxyl groups excluding tert-OH is 1. The van der Waals surface area contributed by atoms with Crippen molar-refractivity contribution >= 4 is 11.3 Å². The molecule has 2 aliphatic rings. The van der Waals surface area contributed by atoms with Crippen molar-refractivity contribution in [3.05, 3.63) is 101 Å². The van der Waals surface area contributed by atoms with E-state index in [0.29, 0.717) is 16.8 Å². The van der Waals surface area contributed by atoms with E-state index in [0.717, 1.165) is 40.0 Å². The zero-order valence-electron chi connectivity index (χ0n) is 19.8. The van der Waals surface area contributed by atoms with E-state index < -0.39 is 0 Å². The maximum absolute atomic E-state index is 11.0. The van der Waals surface area contributed by atoms with E-state index in [4.69, 9.17) is 5.73 Å². The lowest BCUT2D eigenvalue weighted by Gasteiger charge is -2.47. The van der Waals surface area contributed by atoms with Gasteiger partial charge >= 0.3 is 0 Å². The highest BCUT2D eigenvalue weighted by Gasteiger charge is 2.38. The standard InChI is InChI=1S/C28H34N2O2/c1-9-21(16(2)10-18(4)29)23-12-20-13-27(28(6,7)8)30-15-24(19(5)31)17(3)11-25(30)22(20)14-26(23)32/h9-12,14-15,27,31-32H,1,3,5,13,29H2,2,4,6-8H3/b18-10-,21-16+. The fourth-order valence-electron chi connectivity index (χ4n) is 4.53. The van der Waals surface area contributed by atoms with Crippen LogP contribution in [0, 0.1) is 5.41 Å². The number of allylic oxidation sites excluding steroid dienone is 7. The van der Waals surface area contributed by atoms with Crippen LogP contribution in [0.25, 0.3) is 11.3 Å².